The number of hydrogen-bond donors (Lipinski definition) is 1. The van der Waals surface area contributed by atoms with Crippen LogP contribution >= 0.6 is 11.8 Å². The van der Waals surface area contributed by atoms with Crippen LogP contribution in [0.25, 0.3) is 0 Å². The van der Waals surface area contributed by atoms with Crippen molar-refractivity contribution in [3.8, 4) is 0 Å². The summed E-state index contributed by atoms with van der Waals surface area (Å²) in [7, 11) is 0. The molecule has 1 N–H and O–H groups in total. The molecular formula is C15H13NOS. The van der Waals surface area contributed by atoms with E-state index in [-0.39, 0.29) is 11.2 Å². The lowest BCUT2D eigenvalue weighted by Gasteiger charge is -2.23. The first-order valence-electron chi connectivity index (χ1n) is 5.93. The van der Waals surface area contributed by atoms with E-state index < -0.39 is 0 Å². The Morgan fingerprint density at radius 1 is 1.00 bits per heavy atom. The van der Waals surface area contributed by atoms with Gasteiger partial charge in [-0.05, 0) is 24.1 Å². The Morgan fingerprint density at radius 2 is 1.72 bits per heavy atom. The number of para-hydroxylation sites is 1. The summed E-state index contributed by atoms with van der Waals surface area (Å²) in [6.07, 6.45) is 0.770. The first kappa shape index (κ1) is 11.4. The zero-order valence-corrected chi connectivity index (χ0v) is 10.6. The van der Waals surface area contributed by atoms with E-state index in [0.29, 0.717) is 0 Å². The molecule has 0 radical (unpaired) electrons. The first-order chi connectivity index (χ1) is 8.83. The molecule has 0 aliphatic carbocycles. The van der Waals surface area contributed by atoms with Gasteiger partial charge >= 0.3 is 0 Å². The van der Waals surface area contributed by atoms with E-state index in [1.807, 2.05) is 36.4 Å². The van der Waals surface area contributed by atoms with Crippen molar-refractivity contribution in [2.24, 2.45) is 0 Å². The third-order valence-corrected chi connectivity index (χ3v) is 4.25. The molecule has 0 aromatic heterocycles. The van der Waals surface area contributed by atoms with E-state index in [1.165, 1.54) is 5.56 Å². The first-order valence-corrected chi connectivity index (χ1v) is 6.81. The van der Waals surface area contributed by atoms with Crippen LogP contribution in [0.5, 0.6) is 0 Å². The van der Waals surface area contributed by atoms with Gasteiger partial charge in [-0.3, -0.25) is 4.79 Å². The molecule has 1 atom stereocenters. The van der Waals surface area contributed by atoms with E-state index in [0.717, 1.165) is 17.0 Å². The van der Waals surface area contributed by atoms with E-state index in [1.54, 1.807) is 11.8 Å². The predicted molar refractivity (Wildman–Crippen MR) is 74.9 cm³/mol. The standard InChI is InChI=1S/C15H13NOS/c17-15-14(10-11-6-2-1-3-7-11)18-13-9-5-4-8-12(13)16-15/h1-9,14H,10H2,(H,16,17)/t14-/m0/s1. The van der Waals surface area contributed by atoms with Gasteiger partial charge in [0.15, 0.2) is 0 Å². The van der Waals surface area contributed by atoms with Crippen LogP contribution in [0.4, 0.5) is 5.69 Å². The Balaban J connectivity index is 1.81. The van der Waals surface area contributed by atoms with Crippen molar-refractivity contribution in [2.45, 2.75) is 16.6 Å². The van der Waals surface area contributed by atoms with E-state index in [2.05, 4.69) is 23.5 Å². The van der Waals surface area contributed by atoms with Crippen molar-refractivity contribution in [3.63, 3.8) is 0 Å². The number of fused-ring (bicyclic) bond motifs is 1. The molecule has 0 unspecified atom stereocenters. The highest BCUT2D eigenvalue weighted by Crippen LogP contribution is 2.36. The summed E-state index contributed by atoms with van der Waals surface area (Å²) in [5.41, 5.74) is 2.13. The molecule has 1 aliphatic rings. The van der Waals surface area contributed by atoms with Crippen LogP contribution in [0.3, 0.4) is 0 Å². The Labute approximate surface area is 110 Å². The van der Waals surface area contributed by atoms with Gasteiger partial charge in [0, 0.05) is 4.90 Å². The fourth-order valence-electron chi connectivity index (χ4n) is 2.06. The topological polar surface area (TPSA) is 29.1 Å². The van der Waals surface area contributed by atoms with E-state index in [9.17, 15) is 4.79 Å². The predicted octanol–water partition coefficient (Wildman–Crippen LogP) is 3.34. The molecule has 0 bridgehead atoms. The molecule has 2 nitrogen and oxygen atoms in total. The lowest BCUT2D eigenvalue weighted by atomic mass is 10.1. The second-order valence-electron chi connectivity index (χ2n) is 4.28. The van der Waals surface area contributed by atoms with Gasteiger partial charge in [-0.1, -0.05) is 42.5 Å². The molecule has 0 fully saturated rings. The van der Waals surface area contributed by atoms with Gasteiger partial charge in [0.25, 0.3) is 0 Å². The van der Waals surface area contributed by atoms with Gasteiger partial charge < -0.3 is 5.32 Å². The van der Waals surface area contributed by atoms with Gasteiger partial charge in [-0.25, -0.2) is 0 Å². The molecule has 3 heteroatoms. The summed E-state index contributed by atoms with van der Waals surface area (Å²) < 4.78 is 0. The van der Waals surface area contributed by atoms with E-state index >= 15 is 0 Å². The molecule has 1 amide bonds. The molecule has 2 aromatic carbocycles. The van der Waals surface area contributed by atoms with Crippen molar-refractivity contribution >= 4 is 23.4 Å². The van der Waals surface area contributed by atoms with Crippen LogP contribution in [0, 0.1) is 0 Å². The molecule has 1 aliphatic heterocycles. The molecule has 3 rings (SSSR count). The zero-order valence-electron chi connectivity index (χ0n) is 9.80. The number of carbonyl (C=O) groups is 1. The summed E-state index contributed by atoms with van der Waals surface area (Å²) in [4.78, 5) is 13.2. The largest absolute Gasteiger partial charge is 0.324 e. The number of anilines is 1. The average Bonchev–Trinajstić information content (AvgIpc) is 2.41. The second kappa shape index (κ2) is 4.86. The van der Waals surface area contributed by atoms with E-state index in [4.69, 9.17) is 0 Å². The van der Waals surface area contributed by atoms with Crippen LogP contribution in [-0.2, 0) is 11.2 Å². The van der Waals surface area contributed by atoms with Gasteiger partial charge in [-0.2, -0.15) is 0 Å². The van der Waals surface area contributed by atoms with Crippen LogP contribution in [0.2, 0.25) is 0 Å². The maximum Gasteiger partial charge on any atom is 0.238 e. The number of amides is 1. The number of benzene rings is 2. The smallest absolute Gasteiger partial charge is 0.238 e. The highest BCUT2D eigenvalue weighted by atomic mass is 32.2. The summed E-state index contributed by atoms with van der Waals surface area (Å²) in [6.45, 7) is 0. The Hall–Kier alpha value is -1.74. The quantitative estimate of drug-likeness (QED) is 0.891. The lowest BCUT2D eigenvalue weighted by molar-refractivity contribution is -0.115. The molecule has 0 saturated carbocycles. The van der Waals surface area contributed by atoms with Crippen molar-refractivity contribution in [1.29, 1.82) is 0 Å². The minimum Gasteiger partial charge on any atom is -0.324 e. The maximum absolute atomic E-state index is 12.0. The number of thioether (sulfide) groups is 1. The van der Waals surface area contributed by atoms with Crippen molar-refractivity contribution < 1.29 is 4.79 Å². The van der Waals surface area contributed by atoms with Crippen molar-refractivity contribution in [1.82, 2.24) is 0 Å². The Bertz CT molecular complexity index is 568. The monoisotopic (exact) mass is 255 g/mol. The van der Waals surface area contributed by atoms with Gasteiger partial charge in [-0.15, -0.1) is 11.8 Å². The Kier molecular flexibility index (Phi) is 3.07. The SMILES string of the molecule is O=C1Nc2ccccc2S[C@H]1Cc1ccccc1. The fourth-order valence-corrected chi connectivity index (χ4v) is 3.21. The Morgan fingerprint density at radius 3 is 2.56 bits per heavy atom. The third kappa shape index (κ3) is 2.27. The molecule has 2 aromatic rings. The molecule has 90 valence electrons. The normalized spacial score (nSPS) is 18.0. The zero-order chi connectivity index (χ0) is 12.4. The summed E-state index contributed by atoms with van der Waals surface area (Å²) >= 11 is 1.65. The average molecular weight is 255 g/mol. The number of rotatable bonds is 2. The lowest BCUT2D eigenvalue weighted by Crippen LogP contribution is -2.30. The summed E-state index contributed by atoms with van der Waals surface area (Å²) in [5, 5.41) is 2.93. The molecule has 0 spiro atoms. The van der Waals surface area contributed by atoms with Crippen LogP contribution < -0.4 is 5.32 Å². The second-order valence-corrected chi connectivity index (χ2v) is 5.53. The highest BCUT2D eigenvalue weighted by molar-refractivity contribution is 8.01. The van der Waals surface area contributed by atoms with Crippen LogP contribution in [0.1, 0.15) is 5.56 Å². The number of hydrogen-bond acceptors (Lipinski definition) is 2. The summed E-state index contributed by atoms with van der Waals surface area (Å²) in [5.74, 6) is 0.0996. The molecular weight excluding hydrogens is 242 g/mol. The molecule has 1 heterocycles. The minimum absolute atomic E-state index is 0.0395. The van der Waals surface area contributed by atoms with Crippen molar-refractivity contribution in [2.75, 3.05) is 5.32 Å². The third-order valence-electron chi connectivity index (χ3n) is 2.97. The maximum atomic E-state index is 12.0. The van der Waals surface area contributed by atoms with Crippen LogP contribution in [0.15, 0.2) is 59.5 Å². The fraction of sp³-hybridized carbons (Fsp3) is 0.133. The van der Waals surface area contributed by atoms with Gasteiger partial charge in [0.05, 0.1) is 10.9 Å². The van der Waals surface area contributed by atoms with Gasteiger partial charge in [0.2, 0.25) is 5.91 Å². The molecule has 0 saturated heterocycles. The van der Waals surface area contributed by atoms with Crippen LogP contribution in [-0.4, -0.2) is 11.2 Å². The minimum atomic E-state index is -0.0395. The molecule has 18 heavy (non-hydrogen) atoms. The number of carbonyl (C=O) groups excluding carboxylic acids is 1. The number of nitrogens with one attached hydrogen (secondary N) is 1. The summed E-state index contributed by atoms with van der Waals surface area (Å²) in [6, 6.07) is 18.1. The van der Waals surface area contributed by atoms with Gasteiger partial charge in [0.1, 0.15) is 0 Å². The van der Waals surface area contributed by atoms with Crippen molar-refractivity contribution in [3.05, 3.63) is 60.2 Å². The highest BCUT2D eigenvalue weighted by Gasteiger charge is 2.26.